The quantitative estimate of drug-likeness (QED) is 0.914. The molecule has 0 saturated heterocycles. The van der Waals surface area contributed by atoms with Crippen LogP contribution in [0.3, 0.4) is 0 Å². The minimum absolute atomic E-state index is 0.461. The summed E-state index contributed by atoms with van der Waals surface area (Å²) in [4.78, 5) is 8.70. The van der Waals surface area contributed by atoms with Crippen LogP contribution in [0.5, 0.6) is 0 Å². The fourth-order valence-corrected chi connectivity index (χ4v) is 2.86. The van der Waals surface area contributed by atoms with Crippen molar-refractivity contribution >= 4 is 17.0 Å². The summed E-state index contributed by atoms with van der Waals surface area (Å²) in [5.41, 5.74) is 1.70. The van der Waals surface area contributed by atoms with Crippen molar-refractivity contribution in [2.45, 2.75) is 57.0 Å². The van der Waals surface area contributed by atoms with Crippen molar-refractivity contribution in [2.75, 3.05) is 5.32 Å². The van der Waals surface area contributed by atoms with E-state index in [1.54, 1.807) is 6.33 Å². The van der Waals surface area contributed by atoms with Gasteiger partial charge in [-0.15, -0.1) is 5.10 Å². The van der Waals surface area contributed by atoms with E-state index in [0.29, 0.717) is 12.1 Å². The molecule has 0 radical (unpaired) electrons. The van der Waals surface area contributed by atoms with E-state index in [9.17, 15) is 0 Å². The van der Waals surface area contributed by atoms with Gasteiger partial charge in [-0.3, -0.25) is 0 Å². The Morgan fingerprint density at radius 3 is 2.68 bits per heavy atom. The van der Waals surface area contributed by atoms with Gasteiger partial charge in [0.2, 0.25) is 0 Å². The van der Waals surface area contributed by atoms with Gasteiger partial charge in [0, 0.05) is 6.04 Å². The van der Waals surface area contributed by atoms with E-state index in [1.807, 2.05) is 4.68 Å². The highest BCUT2D eigenvalue weighted by atomic mass is 15.5. The molecule has 1 N–H and O–H groups in total. The molecule has 2 aliphatic carbocycles. The first-order valence-corrected chi connectivity index (χ1v) is 7.24. The standard InChI is InChI=1S/C13H18N6/c1-2-4-10(5-3-1)19-13-11(17-18-19)12(14-8-15-13)16-9-6-7-9/h8-10H,1-7H2,(H,14,15,16). The summed E-state index contributed by atoms with van der Waals surface area (Å²) < 4.78 is 2.01. The van der Waals surface area contributed by atoms with Crippen molar-refractivity contribution in [3.8, 4) is 0 Å². The SMILES string of the molecule is c1nc(NC2CC2)c2nnn(C3CCCCC3)c2n1. The third kappa shape index (κ3) is 2.05. The Kier molecular flexibility index (Phi) is 2.60. The lowest BCUT2D eigenvalue weighted by Gasteiger charge is -2.21. The van der Waals surface area contributed by atoms with Crippen molar-refractivity contribution in [2.24, 2.45) is 0 Å². The van der Waals surface area contributed by atoms with Crippen molar-refractivity contribution in [3.63, 3.8) is 0 Å². The molecule has 2 aliphatic rings. The minimum atomic E-state index is 0.461. The van der Waals surface area contributed by atoms with Crippen LogP contribution in [0.4, 0.5) is 5.82 Å². The molecule has 2 aromatic heterocycles. The molecule has 6 heteroatoms. The second-order valence-electron chi connectivity index (χ2n) is 5.64. The smallest absolute Gasteiger partial charge is 0.184 e. The summed E-state index contributed by atoms with van der Waals surface area (Å²) in [6.07, 6.45) is 10.4. The molecule has 0 amide bonds. The molecule has 0 atom stereocenters. The number of nitrogens with one attached hydrogen (secondary N) is 1. The van der Waals surface area contributed by atoms with Crippen LogP contribution in [0.2, 0.25) is 0 Å². The summed E-state index contributed by atoms with van der Waals surface area (Å²) >= 11 is 0. The van der Waals surface area contributed by atoms with E-state index < -0.39 is 0 Å². The van der Waals surface area contributed by atoms with Gasteiger partial charge in [0.15, 0.2) is 17.0 Å². The third-order valence-electron chi connectivity index (χ3n) is 4.10. The number of aromatic nitrogens is 5. The van der Waals surface area contributed by atoms with Crippen molar-refractivity contribution in [3.05, 3.63) is 6.33 Å². The van der Waals surface area contributed by atoms with Crippen LogP contribution >= 0.6 is 0 Å². The predicted molar refractivity (Wildman–Crippen MR) is 71.9 cm³/mol. The van der Waals surface area contributed by atoms with Crippen molar-refractivity contribution in [1.29, 1.82) is 0 Å². The molecule has 100 valence electrons. The molecule has 6 nitrogen and oxygen atoms in total. The van der Waals surface area contributed by atoms with Crippen LogP contribution in [-0.2, 0) is 0 Å². The molecule has 4 rings (SSSR count). The molecule has 2 fully saturated rings. The highest BCUT2D eigenvalue weighted by molar-refractivity contribution is 5.82. The molecule has 0 spiro atoms. The number of nitrogens with zero attached hydrogens (tertiary/aromatic N) is 5. The minimum Gasteiger partial charge on any atom is -0.365 e. The molecular weight excluding hydrogens is 240 g/mol. The molecule has 2 aromatic rings. The Balaban J connectivity index is 1.71. The van der Waals surface area contributed by atoms with E-state index in [4.69, 9.17) is 0 Å². The Hall–Kier alpha value is -1.72. The molecule has 19 heavy (non-hydrogen) atoms. The fourth-order valence-electron chi connectivity index (χ4n) is 2.86. The number of hydrogen-bond donors (Lipinski definition) is 1. The molecule has 0 aromatic carbocycles. The summed E-state index contributed by atoms with van der Waals surface area (Å²) in [6.45, 7) is 0. The van der Waals surface area contributed by atoms with E-state index in [-0.39, 0.29) is 0 Å². The largest absolute Gasteiger partial charge is 0.365 e. The Morgan fingerprint density at radius 1 is 1.05 bits per heavy atom. The van der Waals surface area contributed by atoms with E-state index in [0.717, 1.165) is 17.0 Å². The topological polar surface area (TPSA) is 68.5 Å². The lowest BCUT2D eigenvalue weighted by molar-refractivity contribution is 0.330. The second-order valence-corrected chi connectivity index (χ2v) is 5.64. The number of anilines is 1. The Labute approximate surface area is 111 Å². The highest BCUT2D eigenvalue weighted by Gasteiger charge is 2.25. The first-order valence-electron chi connectivity index (χ1n) is 7.24. The van der Waals surface area contributed by atoms with E-state index >= 15 is 0 Å². The third-order valence-corrected chi connectivity index (χ3v) is 4.10. The van der Waals surface area contributed by atoms with Crippen molar-refractivity contribution < 1.29 is 0 Å². The van der Waals surface area contributed by atoms with Crippen LogP contribution in [0.1, 0.15) is 51.0 Å². The highest BCUT2D eigenvalue weighted by Crippen LogP contribution is 2.31. The van der Waals surface area contributed by atoms with Gasteiger partial charge in [0.25, 0.3) is 0 Å². The molecule has 0 aliphatic heterocycles. The molecule has 2 heterocycles. The van der Waals surface area contributed by atoms with Gasteiger partial charge in [0.05, 0.1) is 6.04 Å². The van der Waals surface area contributed by atoms with Crippen LogP contribution in [0, 0.1) is 0 Å². The van der Waals surface area contributed by atoms with Gasteiger partial charge >= 0.3 is 0 Å². The molecule has 2 saturated carbocycles. The normalized spacial score (nSPS) is 20.8. The maximum absolute atomic E-state index is 4.39. The molecule has 0 unspecified atom stereocenters. The summed E-state index contributed by atoms with van der Waals surface area (Å²) in [5, 5.41) is 12.0. The summed E-state index contributed by atoms with van der Waals surface area (Å²) in [7, 11) is 0. The van der Waals surface area contributed by atoms with Crippen LogP contribution in [0.15, 0.2) is 6.33 Å². The second kappa shape index (κ2) is 4.43. The first-order chi connectivity index (χ1) is 9.42. The van der Waals surface area contributed by atoms with Gasteiger partial charge in [0.1, 0.15) is 6.33 Å². The monoisotopic (exact) mass is 258 g/mol. The number of hydrogen-bond acceptors (Lipinski definition) is 5. The average Bonchev–Trinajstić information content (AvgIpc) is 3.16. The zero-order valence-electron chi connectivity index (χ0n) is 10.9. The lowest BCUT2D eigenvalue weighted by Crippen LogP contribution is -2.14. The average molecular weight is 258 g/mol. The Morgan fingerprint density at radius 2 is 1.89 bits per heavy atom. The van der Waals surface area contributed by atoms with Crippen molar-refractivity contribution in [1.82, 2.24) is 25.0 Å². The van der Waals surface area contributed by atoms with Gasteiger partial charge in [-0.2, -0.15) is 0 Å². The van der Waals surface area contributed by atoms with E-state index in [2.05, 4.69) is 25.6 Å². The maximum atomic E-state index is 4.39. The zero-order valence-corrected chi connectivity index (χ0v) is 10.9. The molecular formula is C13H18N6. The number of rotatable bonds is 3. The lowest BCUT2D eigenvalue weighted by atomic mass is 9.96. The first kappa shape index (κ1) is 11.1. The fraction of sp³-hybridized carbons (Fsp3) is 0.692. The van der Waals surface area contributed by atoms with Crippen LogP contribution in [-0.4, -0.2) is 31.0 Å². The summed E-state index contributed by atoms with van der Waals surface area (Å²) in [5.74, 6) is 0.842. The van der Waals surface area contributed by atoms with Gasteiger partial charge in [-0.05, 0) is 25.7 Å². The predicted octanol–water partition coefficient (Wildman–Crippen LogP) is 2.30. The van der Waals surface area contributed by atoms with Crippen LogP contribution in [0.25, 0.3) is 11.2 Å². The van der Waals surface area contributed by atoms with Gasteiger partial charge in [-0.1, -0.05) is 24.5 Å². The maximum Gasteiger partial charge on any atom is 0.184 e. The van der Waals surface area contributed by atoms with E-state index in [1.165, 1.54) is 44.9 Å². The number of fused-ring (bicyclic) bond motifs is 1. The Bertz CT molecular complexity index is 582. The van der Waals surface area contributed by atoms with Gasteiger partial charge < -0.3 is 5.32 Å². The van der Waals surface area contributed by atoms with Crippen LogP contribution < -0.4 is 5.32 Å². The van der Waals surface area contributed by atoms with Gasteiger partial charge in [-0.25, -0.2) is 14.6 Å². The zero-order chi connectivity index (χ0) is 12.7. The summed E-state index contributed by atoms with van der Waals surface area (Å²) in [6, 6.07) is 1.03. The molecule has 0 bridgehead atoms.